The predicted octanol–water partition coefficient (Wildman–Crippen LogP) is 3.61. The SMILES string of the molecule is CC(Cc1cc(F)ccc1[N+](=O)[O-])C(N)c1ccccc1. The van der Waals surface area contributed by atoms with Crippen LogP contribution in [-0.2, 0) is 6.42 Å². The Morgan fingerprint density at radius 2 is 1.90 bits per heavy atom. The molecule has 2 atom stereocenters. The van der Waals surface area contributed by atoms with Crippen molar-refractivity contribution in [1.82, 2.24) is 0 Å². The van der Waals surface area contributed by atoms with E-state index < -0.39 is 10.7 Å². The fourth-order valence-corrected chi connectivity index (χ4v) is 2.37. The quantitative estimate of drug-likeness (QED) is 0.675. The summed E-state index contributed by atoms with van der Waals surface area (Å²) >= 11 is 0. The summed E-state index contributed by atoms with van der Waals surface area (Å²) in [5, 5.41) is 11.0. The number of benzene rings is 2. The van der Waals surface area contributed by atoms with Gasteiger partial charge >= 0.3 is 0 Å². The van der Waals surface area contributed by atoms with Gasteiger partial charge in [-0.1, -0.05) is 37.3 Å². The number of nitrogens with zero attached hydrogens (tertiary/aromatic N) is 1. The lowest BCUT2D eigenvalue weighted by Crippen LogP contribution is -2.21. The van der Waals surface area contributed by atoms with Crippen molar-refractivity contribution in [3.8, 4) is 0 Å². The zero-order chi connectivity index (χ0) is 15.4. The van der Waals surface area contributed by atoms with Gasteiger partial charge < -0.3 is 5.73 Å². The topological polar surface area (TPSA) is 69.2 Å². The van der Waals surface area contributed by atoms with Gasteiger partial charge in [0, 0.05) is 17.7 Å². The van der Waals surface area contributed by atoms with E-state index in [2.05, 4.69) is 0 Å². The summed E-state index contributed by atoms with van der Waals surface area (Å²) in [6.07, 6.45) is 0.351. The molecule has 0 spiro atoms. The lowest BCUT2D eigenvalue weighted by atomic mass is 9.89. The van der Waals surface area contributed by atoms with E-state index in [1.54, 1.807) is 0 Å². The molecule has 5 heteroatoms. The Kier molecular flexibility index (Phi) is 4.65. The van der Waals surface area contributed by atoms with E-state index in [9.17, 15) is 14.5 Å². The summed E-state index contributed by atoms with van der Waals surface area (Å²) in [7, 11) is 0. The van der Waals surface area contributed by atoms with Crippen LogP contribution in [0.1, 0.15) is 24.1 Å². The molecule has 2 unspecified atom stereocenters. The summed E-state index contributed by atoms with van der Waals surface area (Å²) < 4.78 is 13.3. The highest BCUT2D eigenvalue weighted by molar-refractivity contribution is 5.40. The van der Waals surface area contributed by atoms with E-state index in [0.717, 1.165) is 11.6 Å². The molecule has 2 rings (SSSR count). The molecule has 0 saturated heterocycles. The Morgan fingerprint density at radius 1 is 1.24 bits per heavy atom. The first-order valence-corrected chi connectivity index (χ1v) is 6.72. The number of nitro groups is 1. The molecule has 21 heavy (non-hydrogen) atoms. The van der Waals surface area contributed by atoms with E-state index in [1.165, 1.54) is 12.1 Å². The highest BCUT2D eigenvalue weighted by atomic mass is 19.1. The van der Waals surface area contributed by atoms with Gasteiger partial charge in [0.1, 0.15) is 5.82 Å². The van der Waals surface area contributed by atoms with Gasteiger partial charge in [0.25, 0.3) is 5.69 Å². The Labute approximate surface area is 122 Å². The lowest BCUT2D eigenvalue weighted by Gasteiger charge is -2.20. The average molecular weight is 288 g/mol. The molecule has 0 heterocycles. The number of halogens is 1. The van der Waals surface area contributed by atoms with Gasteiger partial charge in [0.05, 0.1) is 4.92 Å². The molecule has 4 nitrogen and oxygen atoms in total. The number of hydrogen-bond acceptors (Lipinski definition) is 3. The van der Waals surface area contributed by atoms with Crippen LogP contribution in [0.4, 0.5) is 10.1 Å². The van der Waals surface area contributed by atoms with Crippen LogP contribution in [0.15, 0.2) is 48.5 Å². The number of rotatable bonds is 5. The maximum Gasteiger partial charge on any atom is 0.272 e. The van der Waals surface area contributed by atoms with Gasteiger partial charge in [-0.15, -0.1) is 0 Å². The molecule has 0 radical (unpaired) electrons. The first-order chi connectivity index (χ1) is 9.99. The van der Waals surface area contributed by atoms with Crippen LogP contribution in [-0.4, -0.2) is 4.92 Å². The normalized spacial score (nSPS) is 13.7. The van der Waals surface area contributed by atoms with Gasteiger partial charge in [0.2, 0.25) is 0 Å². The van der Waals surface area contributed by atoms with E-state index in [-0.39, 0.29) is 17.6 Å². The molecule has 0 fully saturated rings. The Bertz CT molecular complexity index is 631. The summed E-state index contributed by atoms with van der Waals surface area (Å²) in [5.41, 5.74) is 7.46. The van der Waals surface area contributed by atoms with Crippen molar-refractivity contribution in [2.75, 3.05) is 0 Å². The highest BCUT2D eigenvalue weighted by Gasteiger charge is 2.21. The fourth-order valence-electron chi connectivity index (χ4n) is 2.37. The largest absolute Gasteiger partial charge is 0.324 e. The van der Waals surface area contributed by atoms with Crippen LogP contribution in [0.25, 0.3) is 0 Å². The smallest absolute Gasteiger partial charge is 0.272 e. The molecule has 0 aliphatic carbocycles. The average Bonchev–Trinajstić information content (AvgIpc) is 2.47. The zero-order valence-corrected chi connectivity index (χ0v) is 11.7. The van der Waals surface area contributed by atoms with Gasteiger partial charge in [-0.05, 0) is 30.0 Å². The molecular weight excluding hydrogens is 271 g/mol. The van der Waals surface area contributed by atoms with Crippen LogP contribution in [0.2, 0.25) is 0 Å². The molecule has 2 aromatic carbocycles. The monoisotopic (exact) mass is 288 g/mol. The predicted molar refractivity (Wildman–Crippen MR) is 79.3 cm³/mol. The molecule has 2 aromatic rings. The number of nitrogens with two attached hydrogens (primary N) is 1. The first kappa shape index (κ1) is 15.1. The van der Waals surface area contributed by atoms with E-state index >= 15 is 0 Å². The van der Waals surface area contributed by atoms with E-state index in [1.807, 2.05) is 37.3 Å². The second-order valence-electron chi connectivity index (χ2n) is 5.15. The standard InChI is InChI=1S/C16H17FN2O2/c1-11(16(18)12-5-3-2-4-6-12)9-13-10-14(17)7-8-15(13)19(20)21/h2-8,10-11,16H,9,18H2,1H3. The van der Waals surface area contributed by atoms with Crippen LogP contribution in [0.5, 0.6) is 0 Å². The minimum Gasteiger partial charge on any atom is -0.324 e. The first-order valence-electron chi connectivity index (χ1n) is 6.72. The molecule has 0 aliphatic heterocycles. The molecule has 0 saturated carbocycles. The lowest BCUT2D eigenvalue weighted by molar-refractivity contribution is -0.385. The van der Waals surface area contributed by atoms with E-state index in [4.69, 9.17) is 5.73 Å². The van der Waals surface area contributed by atoms with Crippen molar-refractivity contribution in [3.63, 3.8) is 0 Å². The molecule has 0 amide bonds. The summed E-state index contributed by atoms with van der Waals surface area (Å²) in [6, 6.07) is 12.8. The summed E-state index contributed by atoms with van der Waals surface area (Å²) in [4.78, 5) is 10.5. The van der Waals surface area contributed by atoms with Crippen LogP contribution < -0.4 is 5.73 Å². The highest BCUT2D eigenvalue weighted by Crippen LogP contribution is 2.27. The zero-order valence-electron chi connectivity index (χ0n) is 11.7. The Balaban J connectivity index is 2.21. The third-order valence-electron chi connectivity index (χ3n) is 3.58. The molecule has 2 N–H and O–H groups in total. The Hall–Kier alpha value is -2.27. The van der Waals surface area contributed by atoms with Crippen LogP contribution in [0.3, 0.4) is 0 Å². The van der Waals surface area contributed by atoms with Crippen molar-refractivity contribution < 1.29 is 9.31 Å². The van der Waals surface area contributed by atoms with Gasteiger partial charge in [0.15, 0.2) is 0 Å². The molecular formula is C16H17FN2O2. The van der Waals surface area contributed by atoms with Crippen molar-refractivity contribution in [2.24, 2.45) is 11.7 Å². The fraction of sp³-hybridized carbons (Fsp3) is 0.250. The van der Waals surface area contributed by atoms with Crippen molar-refractivity contribution in [1.29, 1.82) is 0 Å². The van der Waals surface area contributed by atoms with Crippen LogP contribution >= 0.6 is 0 Å². The maximum atomic E-state index is 13.3. The Morgan fingerprint density at radius 3 is 2.52 bits per heavy atom. The second-order valence-corrected chi connectivity index (χ2v) is 5.15. The molecule has 110 valence electrons. The summed E-state index contributed by atoms with van der Waals surface area (Å²) in [6.45, 7) is 1.91. The summed E-state index contributed by atoms with van der Waals surface area (Å²) in [5.74, 6) is -0.524. The number of nitro benzene ring substituents is 1. The maximum absolute atomic E-state index is 13.3. The minimum atomic E-state index is -0.491. The van der Waals surface area contributed by atoms with Gasteiger partial charge in [-0.2, -0.15) is 0 Å². The van der Waals surface area contributed by atoms with Crippen LogP contribution in [0, 0.1) is 21.8 Å². The molecule has 0 bridgehead atoms. The molecule has 0 aromatic heterocycles. The second kappa shape index (κ2) is 6.45. The number of hydrogen-bond donors (Lipinski definition) is 1. The third kappa shape index (κ3) is 3.64. The van der Waals surface area contributed by atoms with Gasteiger partial charge in [-0.25, -0.2) is 4.39 Å². The molecule has 0 aliphatic rings. The van der Waals surface area contributed by atoms with Crippen molar-refractivity contribution in [2.45, 2.75) is 19.4 Å². The van der Waals surface area contributed by atoms with Gasteiger partial charge in [-0.3, -0.25) is 10.1 Å². The van der Waals surface area contributed by atoms with Crippen molar-refractivity contribution >= 4 is 5.69 Å². The van der Waals surface area contributed by atoms with E-state index in [0.29, 0.717) is 12.0 Å². The minimum absolute atomic E-state index is 0.0482. The third-order valence-corrected chi connectivity index (χ3v) is 3.58. The van der Waals surface area contributed by atoms with Crippen molar-refractivity contribution in [3.05, 3.63) is 75.6 Å².